The van der Waals surface area contributed by atoms with E-state index in [0.29, 0.717) is 24.2 Å². The van der Waals surface area contributed by atoms with Crippen LogP contribution in [0.3, 0.4) is 0 Å². The molecule has 1 aliphatic carbocycles. The van der Waals surface area contributed by atoms with Crippen LogP contribution in [0.2, 0.25) is 0 Å². The summed E-state index contributed by atoms with van der Waals surface area (Å²) in [6.07, 6.45) is 11.2. The smallest absolute Gasteiger partial charge is 0.166 e. The molecule has 1 saturated carbocycles. The van der Waals surface area contributed by atoms with Crippen molar-refractivity contribution < 1.29 is 9.84 Å². The number of nitrogens with two attached hydrogens (primary N) is 1. The van der Waals surface area contributed by atoms with Crippen LogP contribution in [0.1, 0.15) is 56.2 Å². The summed E-state index contributed by atoms with van der Waals surface area (Å²) in [5.41, 5.74) is 8.95. The lowest BCUT2D eigenvalue weighted by Crippen LogP contribution is -2.37. The molecular weight excluding hydrogens is 450 g/mol. The van der Waals surface area contributed by atoms with Gasteiger partial charge in [0.05, 0.1) is 12.2 Å². The molecule has 2 fully saturated rings. The first-order valence-electron chi connectivity index (χ1n) is 12.8. The predicted molar refractivity (Wildman–Crippen MR) is 141 cm³/mol. The number of likely N-dealkylation sites (tertiary alicyclic amines) is 1. The van der Waals surface area contributed by atoms with Gasteiger partial charge in [-0.3, -0.25) is 4.68 Å². The number of aliphatic hydroxyl groups is 1. The molecule has 3 heterocycles. The van der Waals surface area contributed by atoms with Gasteiger partial charge < -0.3 is 20.5 Å². The van der Waals surface area contributed by atoms with Crippen molar-refractivity contribution in [2.75, 3.05) is 25.9 Å². The largest absolute Gasteiger partial charge is 0.485 e. The van der Waals surface area contributed by atoms with Crippen molar-refractivity contribution in [3.63, 3.8) is 0 Å². The van der Waals surface area contributed by atoms with Gasteiger partial charge in [-0.15, -0.1) is 0 Å². The highest BCUT2D eigenvalue weighted by Crippen LogP contribution is 2.35. The van der Waals surface area contributed by atoms with Gasteiger partial charge in [-0.1, -0.05) is 30.4 Å². The Kier molecular flexibility index (Phi) is 6.99. The first kappa shape index (κ1) is 24.4. The summed E-state index contributed by atoms with van der Waals surface area (Å²) in [4.78, 5) is 6.72. The van der Waals surface area contributed by atoms with Gasteiger partial charge in [0.2, 0.25) is 0 Å². The van der Waals surface area contributed by atoms with Crippen molar-refractivity contribution >= 4 is 5.82 Å². The topological polar surface area (TPSA) is 89.4 Å². The highest BCUT2D eigenvalue weighted by atomic mass is 16.5. The van der Waals surface area contributed by atoms with Crippen LogP contribution in [-0.2, 0) is 6.61 Å². The maximum Gasteiger partial charge on any atom is 0.166 e. The van der Waals surface area contributed by atoms with Crippen LogP contribution in [0.15, 0.2) is 48.9 Å². The second-order valence-corrected chi connectivity index (χ2v) is 10.4. The monoisotopic (exact) mass is 485 g/mol. The average molecular weight is 486 g/mol. The Morgan fingerprint density at radius 3 is 2.69 bits per heavy atom. The molecule has 1 unspecified atom stereocenters. The fourth-order valence-electron chi connectivity index (χ4n) is 4.85. The average Bonchev–Trinajstić information content (AvgIpc) is 3.32. The Hall–Kier alpha value is -3.34. The molecule has 3 N–H and O–H groups in total. The molecular formula is C29H35N5O2. The zero-order valence-corrected chi connectivity index (χ0v) is 21.2. The Labute approximate surface area is 213 Å². The maximum atomic E-state index is 10.6. The third-order valence-corrected chi connectivity index (χ3v) is 7.56. The van der Waals surface area contributed by atoms with E-state index in [1.54, 1.807) is 6.20 Å². The number of hydrogen-bond acceptors (Lipinski definition) is 6. The Bertz CT molecular complexity index is 1260. The molecule has 1 atom stereocenters. The number of piperidine rings is 1. The minimum absolute atomic E-state index is 0.274. The summed E-state index contributed by atoms with van der Waals surface area (Å²) in [6, 6.07) is 10.2. The normalized spacial score (nSPS) is 18.6. The fourth-order valence-corrected chi connectivity index (χ4v) is 4.85. The van der Waals surface area contributed by atoms with E-state index in [-0.39, 0.29) is 5.92 Å². The number of hydrogen-bond donors (Lipinski definition) is 2. The first-order chi connectivity index (χ1) is 17.4. The summed E-state index contributed by atoms with van der Waals surface area (Å²) in [7, 11) is 2.16. The quantitative estimate of drug-likeness (QED) is 0.507. The highest BCUT2D eigenvalue weighted by molar-refractivity contribution is 5.65. The van der Waals surface area contributed by atoms with Gasteiger partial charge in [0.1, 0.15) is 12.2 Å². The number of ether oxygens (including phenoxy) is 1. The number of anilines is 1. The summed E-state index contributed by atoms with van der Waals surface area (Å²) in [5.74, 6) is 7.38. The van der Waals surface area contributed by atoms with Gasteiger partial charge in [-0.25, -0.2) is 4.98 Å². The van der Waals surface area contributed by atoms with Crippen LogP contribution in [0.25, 0.3) is 11.1 Å². The van der Waals surface area contributed by atoms with Crippen molar-refractivity contribution in [3.8, 4) is 28.7 Å². The number of pyridine rings is 1. The molecule has 0 radical (unpaired) electrons. The third-order valence-electron chi connectivity index (χ3n) is 7.56. The van der Waals surface area contributed by atoms with Crippen LogP contribution < -0.4 is 10.5 Å². The van der Waals surface area contributed by atoms with Crippen molar-refractivity contribution in [3.05, 3.63) is 60.0 Å². The predicted octanol–water partition coefficient (Wildman–Crippen LogP) is 4.28. The fraction of sp³-hybridized carbons (Fsp3) is 0.448. The Morgan fingerprint density at radius 2 is 1.94 bits per heavy atom. The summed E-state index contributed by atoms with van der Waals surface area (Å²) in [6.45, 7) is 4.34. The number of aromatic nitrogens is 3. The molecule has 0 amide bonds. The van der Waals surface area contributed by atoms with Gasteiger partial charge in [0.15, 0.2) is 11.6 Å². The van der Waals surface area contributed by atoms with Gasteiger partial charge in [-0.05, 0) is 82.4 Å². The lowest BCUT2D eigenvalue weighted by molar-refractivity contribution is 0.0163. The van der Waals surface area contributed by atoms with Crippen molar-refractivity contribution in [1.29, 1.82) is 0 Å². The number of nitrogens with zero attached hydrogens (tertiary/aromatic N) is 4. The van der Waals surface area contributed by atoms with Crippen molar-refractivity contribution in [2.45, 2.75) is 57.3 Å². The number of rotatable bonds is 6. The van der Waals surface area contributed by atoms with Gasteiger partial charge in [-0.2, -0.15) is 5.10 Å². The van der Waals surface area contributed by atoms with E-state index in [1.165, 1.54) is 6.42 Å². The molecule has 5 rings (SSSR count). The van der Waals surface area contributed by atoms with Crippen LogP contribution in [0.5, 0.6) is 5.75 Å². The molecule has 0 bridgehead atoms. The Balaban J connectivity index is 1.25. The van der Waals surface area contributed by atoms with E-state index >= 15 is 0 Å². The summed E-state index contributed by atoms with van der Waals surface area (Å²) >= 11 is 0. The summed E-state index contributed by atoms with van der Waals surface area (Å²) < 4.78 is 8.14. The molecule has 0 spiro atoms. The first-order valence-corrected chi connectivity index (χ1v) is 12.8. The lowest BCUT2D eigenvalue weighted by Gasteiger charge is -2.35. The second kappa shape index (κ2) is 10.3. The second-order valence-electron chi connectivity index (χ2n) is 10.4. The van der Waals surface area contributed by atoms with Crippen molar-refractivity contribution in [2.24, 2.45) is 5.92 Å². The maximum absolute atomic E-state index is 10.6. The van der Waals surface area contributed by atoms with E-state index in [1.807, 2.05) is 43.5 Å². The minimum Gasteiger partial charge on any atom is -0.485 e. The van der Waals surface area contributed by atoms with E-state index in [4.69, 9.17) is 10.5 Å². The molecule has 36 heavy (non-hydrogen) atoms. The molecule has 1 saturated heterocycles. The highest BCUT2D eigenvalue weighted by Gasteiger charge is 2.34. The minimum atomic E-state index is -0.938. The van der Waals surface area contributed by atoms with Gasteiger partial charge >= 0.3 is 0 Å². The lowest BCUT2D eigenvalue weighted by atomic mass is 9.74. The van der Waals surface area contributed by atoms with E-state index in [0.717, 1.165) is 61.0 Å². The number of nitrogen functional groups attached to an aromatic ring is 1. The molecule has 7 heteroatoms. The molecule has 7 nitrogen and oxygen atoms in total. The molecule has 188 valence electrons. The van der Waals surface area contributed by atoms with Crippen LogP contribution >= 0.6 is 0 Å². The standard InChI is InChI=1S/C29H35N5O2/c1-29(35,25-7-4-8-25)12-9-21-5-3-6-22(15-21)20-36-27-16-23(17-31-28(27)30)24-18-32-34(19-24)26-10-13-33(2)14-11-26/h3,5-6,15-19,25-26,35H,4,7-8,10-11,13-14,20H2,1-2H3,(H2,30,31). The van der Waals surface area contributed by atoms with E-state index in [9.17, 15) is 5.11 Å². The molecule has 3 aromatic rings. The van der Waals surface area contributed by atoms with Crippen LogP contribution in [0, 0.1) is 17.8 Å². The van der Waals surface area contributed by atoms with Crippen LogP contribution in [0.4, 0.5) is 5.82 Å². The van der Waals surface area contributed by atoms with Gasteiger partial charge in [0, 0.05) is 29.1 Å². The zero-order chi connectivity index (χ0) is 25.1. The van der Waals surface area contributed by atoms with Gasteiger partial charge in [0.25, 0.3) is 0 Å². The zero-order valence-electron chi connectivity index (χ0n) is 21.2. The number of benzene rings is 1. The molecule has 1 aromatic carbocycles. The molecule has 1 aliphatic heterocycles. The van der Waals surface area contributed by atoms with Crippen LogP contribution in [-0.4, -0.2) is 50.5 Å². The Morgan fingerprint density at radius 1 is 1.14 bits per heavy atom. The SMILES string of the molecule is CN1CCC(n2cc(-c3cnc(N)c(OCc4cccc(C#CC(C)(O)C5CCC5)c4)c3)cn2)CC1. The van der Waals surface area contributed by atoms with Crippen molar-refractivity contribution in [1.82, 2.24) is 19.7 Å². The van der Waals surface area contributed by atoms with E-state index < -0.39 is 5.60 Å². The molecule has 2 aromatic heterocycles. The van der Waals surface area contributed by atoms with E-state index in [2.05, 4.69) is 44.7 Å². The summed E-state index contributed by atoms with van der Waals surface area (Å²) in [5, 5.41) is 15.2. The molecule has 2 aliphatic rings. The third kappa shape index (κ3) is 5.56.